The minimum atomic E-state index is -0.334. The van der Waals surface area contributed by atoms with Crippen LogP contribution in [0.4, 0.5) is 11.4 Å². The minimum absolute atomic E-state index is 0.186. The third kappa shape index (κ3) is 3.42. The summed E-state index contributed by atoms with van der Waals surface area (Å²) in [6.45, 7) is 8.38. The van der Waals surface area contributed by atoms with Crippen molar-refractivity contribution in [3.63, 3.8) is 0 Å². The standard InChI is InChI=1S/C23H24Cl2N2O/c1-12-7-17-18(8-13(12)2)27-22(15-6-5-14(24)9-16(15)25)21-19(26-17)10-23(3,4)11-20(21)28/h5-10,21-22,26-27H,11H2,1-4H3/t21-,22-/m1/s1. The van der Waals surface area contributed by atoms with E-state index in [1.807, 2.05) is 12.1 Å². The first-order valence-electron chi connectivity index (χ1n) is 9.50. The van der Waals surface area contributed by atoms with Gasteiger partial charge in [-0.2, -0.15) is 0 Å². The van der Waals surface area contributed by atoms with E-state index in [2.05, 4.69) is 56.5 Å². The number of nitrogens with one attached hydrogen (secondary N) is 2. The van der Waals surface area contributed by atoms with E-state index in [0.717, 1.165) is 22.6 Å². The molecule has 0 fully saturated rings. The molecule has 146 valence electrons. The number of hydrogen-bond donors (Lipinski definition) is 2. The maximum absolute atomic E-state index is 13.3. The number of Topliss-reactive ketones (excluding diaryl/α,β-unsaturated/α-hetero) is 1. The minimum Gasteiger partial charge on any atom is -0.375 e. The highest BCUT2D eigenvalue weighted by atomic mass is 35.5. The van der Waals surface area contributed by atoms with Crippen molar-refractivity contribution in [3.05, 3.63) is 68.8 Å². The van der Waals surface area contributed by atoms with Crippen LogP contribution in [-0.4, -0.2) is 5.78 Å². The Morgan fingerprint density at radius 2 is 1.71 bits per heavy atom. The first-order chi connectivity index (χ1) is 13.1. The zero-order valence-electron chi connectivity index (χ0n) is 16.5. The van der Waals surface area contributed by atoms with Gasteiger partial charge in [-0.3, -0.25) is 4.79 Å². The molecule has 0 saturated carbocycles. The average molecular weight is 415 g/mol. The number of halogens is 2. The van der Waals surface area contributed by atoms with Crippen molar-refractivity contribution < 1.29 is 4.79 Å². The van der Waals surface area contributed by atoms with Crippen LogP contribution in [0.25, 0.3) is 0 Å². The lowest BCUT2D eigenvalue weighted by Crippen LogP contribution is -2.36. The molecule has 4 rings (SSSR count). The predicted molar refractivity (Wildman–Crippen MR) is 117 cm³/mol. The van der Waals surface area contributed by atoms with Gasteiger partial charge in [-0.1, -0.05) is 49.2 Å². The van der Waals surface area contributed by atoms with Crippen LogP contribution in [0.15, 0.2) is 42.1 Å². The molecule has 2 atom stereocenters. The van der Waals surface area contributed by atoms with E-state index < -0.39 is 0 Å². The highest BCUT2D eigenvalue weighted by Crippen LogP contribution is 2.47. The topological polar surface area (TPSA) is 41.1 Å². The fraction of sp³-hybridized carbons (Fsp3) is 0.348. The zero-order chi connectivity index (χ0) is 20.2. The molecular weight excluding hydrogens is 391 g/mol. The second-order valence-electron chi connectivity index (χ2n) is 8.60. The number of carbonyl (C=O) groups excluding carboxylic acids is 1. The summed E-state index contributed by atoms with van der Waals surface area (Å²) in [7, 11) is 0. The molecule has 0 saturated heterocycles. The van der Waals surface area contributed by atoms with E-state index in [1.165, 1.54) is 11.1 Å². The smallest absolute Gasteiger partial charge is 0.145 e. The fourth-order valence-corrected chi connectivity index (χ4v) is 4.76. The van der Waals surface area contributed by atoms with Crippen molar-refractivity contribution in [2.45, 2.75) is 40.2 Å². The molecule has 0 bridgehead atoms. The largest absolute Gasteiger partial charge is 0.375 e. The van der Waals surface area contributed by atoms with Crippen LogP contribution in [0.5, 0.6) is 0 Å². The average Bonchev–Trinajstić information content (AvgIpc) is 2.71. The maximum atomic E-state index is 13.3. The van der Waals surface area contributed by atoms with Crippen LogP contribution in [0, 0.1) is 25.2 Å². The van der Waals surface area contributed by atoms with Gasteiger partial charge in [0.1, 0.15) is 5.78 Å². The second kappa shape index (κ2) is 6.82. The Morgan fingerprint density at radius 3 is 2.39 bits per heavy atom. The highest BCUT2D eigenvalue weighted by molar-refractivity contribution is 6.35. The molecule has 0 spiro atoms. The van der Waals surface area contributed by atoms with Crippen molar-refractivity contribution in [3.8, 4) is 0 Å². The third-order valence-electron chi connectivity index (χ3n) is 5.71. The molecule has 2 N–H and O–H groups in total. The van der Waals surface area contributed by atoms with E-state index in [1.54, 1.807) is 6.07 Å². The Labute approximate surface area is 176 Å². The van der Waals surface area contributed by atoms with Crippen molar-refractivity contribution >= 4 is 40.4 Å². The van der Waals surface area contributed by atoms with Crippen LogP contribution in [0.2, 0.25) is 10.0 Å². The Kier molecular flexibility index (Phi) is 4.71. The number of fused-ring (bicyclic) bond motifs is 2. The monoisotopic (exact) mass is 414 g/mol. The summed E-state index contributed by atoms with van der Waals surface area (Å²) >= 11 is 12.7. The summed E-state index contributed by atoms with van der Waals surface area (Å²) in [6, 6.07) is 9.47. The number of allylic oxidation sites excluding steroid dienone is 1. The van der Waals surface area contributed by atoms with Crippen LogP contribution < -0.4 is 10.6 Å². The molecule has 28 heavy (non-hydrogen) atoms. The molecule has 0 unspecified atom stereocenters. The first kappa shape index (κ1) is 19.4. The van der Waals surface area contributed by atoms with E-state index in [-0.39, 0.29) is 23.2 Å². The summed E-state index contributed by atoms with van der Waals surface area (Å²) in [5.74, 6) is -0.125. The van der Waals surface area contributed by atoms with Crippen LogP contribution in [0.1, 0.15) is 43.0 Å². The Morgan fingerprint density at radius 1 is 1.04 bits per heavy atom. The molecule has 0 radical (unpaired) electrons. The molecule has 3 nitrogen and oxygen atoms in total. The van der Waals surface area contributed by atoms with Gasteiger partial charge in [-0.25, -0.2) is 0 Å². The van der Waals surface area contributed by atoms with Gasteiger partial charge in [0.2, 0.25) is 0 Å². The molecule has 1 aliphatic heterocycles. The Bertz CT molecular complexity index is 1010. The summed E-state index contributed by atoms with van der Waals surface area (Å²) in [6.07, 6.45) is 2.70. The van der Waals surface area contributed by atoms with Crippen LogP contribution >= 0.6 is 23.2 Å². The van der Waals surface area contributed by atoms with E-state index >= 15 is 0 Å². The van der Waals surface area contributed by atoms with Gasteiger partial charge in [0.15, 0.2) is 0 Å². The number of anilines is 2. The summed E-state index contributed by atoms with van der Waals surface area (Å²) in [5, 5.41) is 8.31. The third-order valence-corrected chi connectivity index (χ3v) is 6.28. The zero-order valence-corrected chi connectivity index (χ0v) is 18.0. The molecule has 0 aromatic heterocycles. The Hall–Kier alpha value is -1.97. The lowest BCUT2D eigenvalue weighted by atomic mass is 9.72. The predicted octanol–water partition coefficient (Wildman–Crippen LogP) is 6.69. The van der Waals surface area contributed by atoms with Gasteiger partial charge in [0, 0.05) is 22.2 Å². The van der Waals surface area contributed by atoms with Gasteiger partial charge in [0.25, 0.3) is 0 Å². The maximum Gasteiger partial charge on any atom is 0.145 e. The lowest BCUT2D eigenvalue weighted by Gasteiger charge is -2.35. The van der Waals surface area contributed by atoms with Gasteiger partial charge < -0.3 is 10.6 Å². The SMILES string of the molecule is Cc1cc2c(cc1C)N[C@H](c1ccc(Cl)cc1Cl)[C@H]1C(=O)CC(C)(C)C=C1N2. The number of benzene rings is 2. The van der Waals surface area contributed by atoms with Crippen molar-refractivity contribution in [1.29, 1.82) is 0 Å². The molecule has 5 heteroatoms. The van der Waals surface area contributed by atoms with E-state index in [9.17, 15) is 4.79 Å². The summed E-state index contributed by atoms with van der Waals surface area (Å²) in [4.78, 5) is 13.3. The number of hydrogen-bond acceptors (Lipinski definition) is 3. The molecule has 2 aliphatic rings. The second-order valence-corrected chi connectivity index (χ2v) is 9.45. The van der Waals surface area contributed by atoms with Gasteiger partial charge in [-0.05, 0) is 60.2 Å². The molecular formula is C23H24Cl2N2O. The molecule has 0 amide bonds. The molecule has 1 heterocycles. The summed E-state index contributed by atoms with van der Waals surface area (Å²) < 4.78 is 0. The van der Waals surface area contributed by atoms with Crippen LogP contribution in [0.3, 0.4) is 0 Å². The number of rotatable bonds is 1. The normalized spacial score (nSPS) is 22.9. The lowest BCUT2D eigenvalue weighted by molar-refractivity contribution is -0.124. The fourth-order valence-electron chi connectivity index (χ4n) is 4.23. The molecule has 2 aromatic rings. The van der Waals surface area contributed by atoms with Crippen molar-refractivity contribution in [1.82, 2.24) is 0 Å². The van der Waals surface area contributed by atoms with Crippen molar-refractivity contribution in [2.75, 3.05) is 10.6 Å². The molecule has 1 aliphatic carbocycles. The van der Waals surface area contributed by atoms with E-state index in [0.29, 0.717) is 16.5 Å². The van der Waals surface area contributed by atoms with Crippen molar-refractivity contribution in [2.24, 2.45) is 11.3 Å². The van der Waals surface area contributed by atoms with E-state index in [4.69, 9.17) is 23.2 Å². The van der Waals surface area contributed by atoms with Gasteiger partial charge in [0.05, 0.1) is 23.3 Å². The number of aryl methyl sites for hydroxylation is 2. The van der Waals surface area contributed by atoms with Gasteiger partial charge in [-0.15, -0.1) is 0 Å². The van der Waals surface area contributed by atoms with Gasteiger partial charge >= 0.3 is 0 Å². The highest BCUT2D eigenvalue weighted by Gasteiger charge is 2.42. The van der Waals surface area contributed by atoms with Crippen LogP contribution in [-0.2, 0) is 4.79 Å². The molecule has 2 aromatic carbocycles. The Balaban J connectivity index is 1.92. The number of ketones is 1. The quantitative estimate of drug-likeness (QED) is 0.545. The summed E-state index contributed by atoms with van der Waals surface area (Å²) in [5.41, 5.74) is 5.98. The first-order valence-corrected chi connectivity index (χ1v) is 10.3. The number of carbonyl (C=O) groups is 1.